The van der Waals surface area contributed by atoms with Crippen LogP contribution in [0.3, 0.4) is 0 Å². The van der Waals surface area contributed by atoms with E-state index in [2.05, 4.69) is 90.5 Å². The van der Waals surface area contributed by atoms with E-state index in [0.717, 1.165) is 159 Å². The molecule has 3 aromatic rings. The molecule has 0 bridgehead atoms. The van der Waals surface area contributed by atoms with Gasteiger partial charge in [-0.1, -0.05) is 73.0 Å². The molecule has 5 saturated heterocycles. The van der Waals surface area contributed by atoms with Gasteiger partial charge in [-0.15, -0.1) is 0 Å². The Hall–Kier alpha value is -3.94. The predicted molar refractivity (Wildman–Crippen MR) is 262 cm³/mol. The van der Waals surface area contributed by atoms with Crippen LogP contribution < -0.4 is 10.2 Å². The van der Waals surface area contributed by atoms with Gasteiger partial charge in [-0.05, 0) is 137 Å². The number of nitrogens with zero attached hydrogens (tertiary/aromatic N) is 7. The van der Waals surface area contributed by atoms with E-state index in [1.807, 2.05) is 6.07 Å². The van der Waals surface area contributed by atoms with Crippen LogP contribution in [0.1, 0.15) is 99.3 Å². The summed E-state index contributed by atoms with van der Waals surface area (Å²) in [5.74, 6) is 2.57. The number of fused-ring (bicyclic) bond motifs is 6. The Balaban J connectivity index is 0.000000154. The average molecular weight is 920 g/mol. The van der Waals surface area contributed by atoms with Crippen molar-refractivity contribution in [3.8, 4) is 0 Å². The van der Waals surface area contributed by atoms with Crippen LogP contribution in [0.5, 0.6) is 0 Å². The van der Waals surface area contributed by atoms with Crippen molar-refractivity contribution in [2.75, 3.05) is 76.9 Å². The summed E-state index contributed by atoms with van der Waals surface area (Å²) in [5.41, 5.74) is 7.79. The molecule has 1 spiro atoms. The zero-order valence-corrected chi connectivity index (χ0v) is 39.7. The lowest BCUT2D eigenvalue weighted by atomic mass is 9.81. The summed E-state index contributed by atoms with van der Waals surface area (Å²) in [5, 5.41) is 4.10. The zero-order valence-electron chi connectivity index (χ0n) is 38.1. The Bertz CT molecular complexity index is 2220. The molecule has 3 aromatic carbocycles. The van der Waals surface area contributed by atoms with Crippen molar-refractivity contribution in [1.82, 2.24) is 29.8 Å². The van der Waals surface area contributed by atoms with Crippen LogP contribution in [-0.4, -0.2) is 132 Å². The number of amides is 3. The zero-order chi connectivity index (χ0) is 44.3. The van der Waals surface area contributed by atoms with Crippen LogP contribution >= 0.6 is 23.5 Å². The minimum absolute atomic E-state index is 0.0136. The molecule has 0 aromatic heterocycles. The molecule has 11 nitrogen and oxygen atoms in total. The van der Waals surface area contributed by atoms with Crippen LogP contribution in [0.15, 0.2) is 71.1 Å². The highest BCUT2D eigenvalue weighted by molar-refractivity contribution is 7.97. The first-order valence-electron chi connectivity index (χ1n) is 24.9. The molecule has 6 fully saturated rings. The molecule has 7 heterocycles. The van der Waals surface area contributed by atoms with E-state index >= 15 is 0 Å². The molecule has 1 N–H and O–H groups in total. The number of aryl methyl sites for hydroxylation is 2. The maximum atomic E-state index is 12.9. The van der Waals surface area contributed by atoms with E-state index in [4.69, 9.17) is 16.0 Å². The molecule has 13 heteroatoms. The Morgan fingerprint density at radius 2 is 1.29 bits per heavy atom. The van der Waals surface area contributed by atoms with Crippen molar-refractivity contribution in [2.45, 2.75) is 107 Å². The molecule has 1 aliphatic carbocycles. The number of hydrogen-bond acceptors (Lipinski definition) is 10. The predicted octanol–water partition coefficient (Wildman–Crippen LogP) is 7.91. The maximum absolute atomic E-state index is 12.9. The molecular formula is C52H67ClN8O3S. The summed E-state index contributed by atoms with van der Waals surface area (Å²) in [6, 6.07) is 23.8. The number of anilines is 2. The van der Waals surface area contributed by atoms with Gasteiger partial charge >= 0.3 is 0 Å². The van der Waals surface area contributed by atoms with E-state index in [-0.39, 0.29) is 41.3 Å². The van der Waals surface area contributed by atoms with E-state index in [1.54, 1.807) is 16.8 Å². The number of halogens is 1. The van der Waals surface area contributed by atoms with Gasteiger partial charge in [0.15, 0.2) is 0 Å². The number of imide groups is 1. The summed E-state index contributed by atoms with van der Waals surface area (Å²) >= 11 is 8.08. The van der Waals surface area contributed by atoms with E-state index in [9.17, 15) is 14.4 Å². The molecule has 65 heavy (non-hydrogen) atoms. The quantitative estimate of drug-likeness (QED) is 0.131. The van der Waals surface area contributed by atoms with Crippen LogP contribution in [0.2, 0.25) is 5.02 Å². The Kier molecular flexibility index (Phi) is 13.9. The first-order valence-corrected chi connectivity index (χ1v) is 26.2. The highest BCUT2D eigenvalue weighted by Gasteiger charge is 2.54. The number of rotatable bonds is 9. The Morgan fingerprint density at radius 1 is 0.646 bits per heavy atom. The number of amidine groups is 1. The SMILES string of the molecule is O=C1NC2CCCCN2C12CCN(CCCN1c3ccccc3CCc3ccc(Cl)cc31)CC2.O=C1[C@H]2CCCC[C@H]2C(=O)N1CCCCN1CCN(C2=NSCc3ccccc32)CC1. The normalized spacial score (nSPS) is 25.4. The lowest BCUT2D eigenvalue weighted by molar-refractivity contribution is -0.140. The molecule has 3 amide bonds. The van der Waals surface area contributed by atoms with Crippen LogP contribution in [0.4, 0.5) is 11.4 Å². The van der Waals surface area contributed by atoms with Gasteiger partial charge in [0, 0.05) is 86.6 Å². The largest absolute Gasteiger partial charge is 0.353 e. The number of nitrogens with one attached hydrogen (secondary N) is 1. The number of carbonyl (C=O) groups excluding carboxylic acids is 3. The van der Waals surface area contributed by atoms with Gasteiger partial charge in [-0.25, -0.2) is 0 Å². The smallest absolute Gasteiger partial charge is 0.241 e. The molecule has 0 radical (unpaired) electrons. The van der Waals surface area contributed by atoms with Crippen molar-refractivity contribution < 1.29 is 14.4 Å². The standard InChI is InChI=1S/C28H35ClN4O.C24H32N4O2S/c29-23-12-11-22-10-9-21-6-1-2-7-24(21)32(25(22)20-23)16-5-15-31-18-13-28(14-19-31)27(34)30-26-8-3-4-17-33(26)28;29-23-20-9-3-4-10-21(20)24(30)28(23)12-6-5-11-26-13-15-27(16-14-26)22-19-8-2-1-7-18(19)17-31-25-22/h1-2,6-7,11-12,20,26H,3-5,8-10,13-19H2,(H,30,34);1-2,7-8,20-21H,3-6,9-17H2/t;20-,21+. The Labute approximate surface area is 395 Å². The molecule has 7 aliphatic heterocycles. The first kappa shape index (κ1) is 44.9. The van der Waals surface area contributed by atoms with Crippen molar-refractivity contribution >= 4 is 58.5 Å². The van der Waals surface area contributed by atoms with Gasteiger partial charge in [0.25, 0.3) is 0 Å². The molecule has 11 rings (SSSR count). The third-order valence-corrected chi connectivity index (χ3v) is 16.9. The number of hydrogen-bond donors (Lipinski definition) is 1. The van der Waals surface area contributed by atoms with Crippen LogP contribution in [0.25, 0.3) is 0 Å². The molecule has 346 valence electrons. The molecule has 3 atom stereocenters. The van der Waals surface area contributed by atoms with Crippen LogP contribution in [0, 0.1) is 11.8 Å². The molecule has 1 saturated carbocycles. The number of unbranched alkanes of at least 4 members (excludes halogenated alkanes) is 1. The number of piperidine rings is 2. The minimum atomic E-state index is -0.249. The highest BCUT2D eigenvalue weighted by Crippen LogP contribution is 2.41. The van der Waals surface area contributed by atoms with Gasteiger partial charge in [0.2, 0.25) is 17.7 Å². The van der Waals surface area contributed by atoms with Crippen molar-refractivity contribution in [3.63, 3.8) is 0 Å². The lowest BCUT2D eigenvalue weighted by Gasteiger charge is -2.45. The van der Waals surface area contributed by atoms with Gasteiger partial charge < -0.3 is 20.0 Å². The number of likely N-dealkylation sites (tertiary alicyclic amines) is 2. The number of carbonyl (C=O) groups is 3. The third-order valence-electron chi connectivity index (χ3n) is 15.9. The van der Waals surface area contributed by atoms with Gasteiger partial charge in [-0.2, -0.15) is 4.40 Å². The summed E-state index contributed by atoms with van der Waals surface area (Å²) < 4.78 is 4.76. The summed E-state index contributed by atoms with van der Waals surface area (Å²) in [7, 11) is 0. The Morgan fingerprint density at radius 3 is 2.08 bits per heavy atom. The fourth-order valence-corrected chi connectivity index (χ4v) is 13.3. The monoisotopic (exact) mass is 918 g/mol. The third kappa shape index (κ3) is 9.36. The van der Waals surface area contributed by atoms with Gasteiger partial charge in [0.05, 0.1) is 18.0 Å². The topological polar surface area (TPSA) is 95.0 Å². The summed E-state index contributed by atoms with van der Waals surface area (Å²) in [6.45, 7) is 10.8. The number of benzene rings is 3. The van der Waals surface area contributed by atoms with Gasteiger partial charge in [0.1, 0.15) is 11.4 Å². The second kappa shape index (κ2) is 20.1. The summed E-state index contributed by atoms with van der Waals surface area (Å²) in [6.07, 6.45) is 14.9. The van der Waals surface area contributed by atoms with E-state index in [0.29, 0.717) is 6.54 Å². The van der Waals surface area contributed by atoms with Crippen molar-refractivity contribution in [1.29, 1.82) is 0 Å². The molecule has 8 aliphatic rings. The maximum Gasteiger partial charge on any atom is 0.241 e. The number of piperazine rings is 1. The lowest BCUT2D eigenvalue weighted by Crippen LogP contribution is -2.58. The average Bonchev–Trinajstić information content (AvgIpc) is 3.68. The van der Waals surface area contributed by atoms with E-state index < -0.39 is 0 Å². The second-order valence-corrected chi connectivity index (χ2v) is 20.8. The summed E-state index contributed by atoms with van der Waals surface area (Å²) in [4.78, 5) is 52.2. The van der Waals surface area contributed by atoms with Gasteiger partial charge in [-0.3, -0.25) is 29.1 Å². The minimum Gasteiger partial charge on any atom is -0.353 e. The van der Waals surface area contributed by atoms with Crippen molar-refractivity contribution in [3.05, 3.63) is 94.0 Å². The molecule has 1 unspecified atom stereocenters. The fourth-order valence-electron chi connectivity index (χ4n) is 12.3. The number of para-hydroxylation sites is 1. The highest BCUT2D eigenvalue weighted by atomic mass is 35.5. The van der Waals surface area contributed by atoms with Crippen LogP contribution in [-0.2, 0) is 33.0 Å². The molecular weight excluding hydrogens is 852 g/mol. The second-order valence-electron chi connectivity index (χ2n) is 19.7. The van der Waals surface area contributed by atoms with E-state index in [1.165, 1.54) is 46.5 Å². The van der Waals surface area contributed by atoms with Crippen molar-refractivity contribution in [2.24, 2.45) is 16.2 Å². The fraction of sp³-hybridized carbons (Fsp3) is 0.577. The first-order chi connectivity index (χ1) is 31.9.